The van der Waals surface area contributed by atoms with Crippen LogP contribution in [0.25, 0.3) is 0 Å². The summed E-state index contributed by atoms with van der Waals surface area (Å²) in [7, 11) is 1.60. The number of rotatable bonds is 8. The number of amides is 2. The minimum Gasteiger partial charge on any atom is -0.497 e. The molecular formula is C24H31ClN2O4. The lowest BCUT2D eigenvalue weighted by molar-refractivity contribution is -0.142. The number of nitrogens with zero attached hydrogens (tertiary/aromatic N) is 1. The van der Waals surface area contributed by atoms with Gasteiger partial charge in [0.05, 0.1) is 7.11 Å². The van der Waals surface area contributed by atoms with Gasteiger partial charge in [-0.3, -0.25) is 9.59 Å². The first-order valence-electron chi connectivity index (χ1n) is 10.1. The first kappa shape index (κ1) is 24.5. The summed E-state index contributed by atoms with van der Waals surface area (Å²) < 4.78 is 10.9. The van der Waals surface area contributed by atoms with Crippen molar-refractivity contribution in [3.63, 3.8) is 0 Å². The van der Waals surface area contributed by atoms with Crippen LogP contribution < -0.4 is 14.8 Å². The molecule has 0 unspecified atom stereocenters. The van der Waals surface area contributed by atoms with Crippen molar-refractivity contribution in [2.75, 3.05) is 13.7 Å². The number of carbonyl (C=O) groups is 2. The Labute approximate surface area is 189 Å². The fourth-order valence-electron chi connectivity index (χ4n) is 2.92. The minimum absolute atomic E-state index is 0.190. The first-order valence-corrected chi connectivity index (χ1v) is 10.5. The van der Waals surface area contributed by atoms with Gasteiger partial charge in [-0.05, 0) is 76.1 Å². The minimum atomic E-state index is -0.676. The summed E-state index contributed by atoms with van der Waals surface area (Å²) in [6.45, 7) is 9.37. The second-order valence-corrected chi connectivity index (χ2v) is 8.89. The SMILES string of the molecule is COc1ccc(CN(C(=O)COc2ccc(Cl)c(C)c2)[C@@H](C)C(=O)NC(C)(C)C)cc1. The molecule has 0 heterocycles. The van der Waals surface area contributed by atoms with E-state index in [1.54, 1.807) is 32.2 Å². The second kappa shape index (κ2) is 10.5. The lowest BCUT2D eigenvalue weighted by Crippen LogP contribution is -2.53. The van der Waals surface area contributed by atoms with E-state index in [1.165, 1.54) is 4.90 Å². The lowest BCUT2D eigenvalue weighted by atomic mass is 10.1. The number of ether oxygens (including phenoxy) is 2. The van der Waals surface area contributed by atoms with Crippen molar-refractivity contribution < 1.29 is 19.1 Å². The maximum Gasteiger partial charge on any atom is 0.261 e. The Bertz CT molecular complexity index is 907. The van der Waals surface area contributed by atoms with Crippen molar-refractivity contribution >= 4 is 23.4 Å². The molecule has 1 N–H and O–H groups in total. The van der Waals surface area contributed by atoms with E-state index in [0.29, 0.717) is 10.8 Å². The summed E-state index contributed by atoms with van der Waals surface area (Å²) in [5, 5.41) is 3.57. The van der Waals surface area contributed by atoms with Crippen LogP contribution in [0.1, 0.15) is 38.8 Å². The maximum absolute atomic E-state index is 13.1. The zero-order valence-electron chi connectivity index (χ0n) is 19.0. The van der Waals surface area contributed by atoms with E-state index >= 15 is 0 Å². The smallest absolute Gasteiger partial charge is 0.261 e. The summed E-state index contributed by atoms with van der Waals surface area (Å²) in [4.78, 5) is 27.4. The van der Waals surface area contributed by atoms with Crippen LogP contribution in [0.2, 0.25) is 5.02 Å². The summed E-state index contributed by atoms with van der Waals surface area (Å²) in [5.74, 6) is 0.754. The van der Waals surface area contributed by atoms with Crippen LogP contribution in [0.3, 0.4) is 0 Å². The summed E-state index contributed by atoms with van der Waals surface area (Å²) in [6.07, 6.45) is 0. The van der Waals surface area contributed by atoms with Crippen LogP contribution in [0.15, 0.2) is 42.5 Å². The van der Waals surface area contributed by atoms with Gasteiger partial charge >= 0.3 is 0 Å². The van der Waals surface area contributed by atoms with Gasteiger partial charge in [-0.2, -0.15) is 0 Å². The number of carbonyl (C=O) groups excluding carboxylic acids is 2. The van der Waals surface area contributed by atoms with Gasteiger partial charge in [0.1, 0.15) is 17.5 Å². The van der Waals surface area contributed by atoms with Crippen LogP contribution >= 0.6 is 11.6 Å². The molecule has 0 fully saturated rings. The van der Waals surface area contributed by atoms with Crippen LogP contribution in [0.4, 0.5) is 0 Å². The Morgan fingerprint density at radius 2 is 1.71 bits per heavy atom. The molecule has 0 spiro atoms. The highest BCUT2D eigenvalue weighted by Gasteiger charge is 2.28. The molecule has 0 saturated heterocycles. The predicted octanol–water partition coefficient (Wildman–Crippen LogP) is 4.37. The first-order chi connectivity index (χ1) is 14.5. The van der Waals surface area contributed by atoms with Crippen molar-refractivity contribution in [1.29, 1.82) is 0 Å². The van der Waals surface area contributed by atoms with E-state index in [1.807, 2.05) is 52.0 Å². The topological polar surface area (TPSA) is 67.9 Å². The Morgan fingerprint density at radius 3 is 2.26 bits per heavy atom. The zero-order chi connectivity index (χ0) is 23.2. The highest BCUT2D eigenvalue weighted by atomic mass is 35.5. The van der Waals surface area contributed by atoms with Crippen molar-refractivity contribution in [3.8, 4) is 11.5 Å². The molecule has 2 aromatic rings. The van der Waals surface area contributed by atoms with E-state index in [0.717, 1.165) is 16.9 Å². The monoisotopic (exact) mass is 446 g/mol. The summed E-state index contributed by atoms with van der Waals surface area (Å²) in [6, 6.07) is 11.9. The van der Waals surface area contributed by atoms with Gasteiger partial charge in [0.15, 0.2) is 6.61 Å². The number of hydrogen-bond donors (Lipinski definition) is 1. The molecule has 0 aliphatic carbocycles. The van der Waals surface area contributed by atoms with Gasteiger partial charge < -0.3 is 19.7 Å². The molecule has 0 aliphatic rings. The zero-order valence-corrected chi connectivity index (χ0v) is 19.7. The average molecular weight is 447 g/mol. The highest BCUT2D eigenvalue weighted by Crippen LogP contribution is 2.21. The van der Waals surface area contributed by atoms with Crippen molar-refractivity contribution in [3.05, 3.63) is 58.6 Å². The normalized spacial score (nSPS) is 12.1. The van der Waals surface area contributed by atoms with E-state index < -0.39 is 11.6 Å². The number of nitrogens with one attached hydrogen (secondary N) is 1. The third-order valence-corrected chi connectivity index (χ3v) is 5.09. The molecule has 2 aromatic carbocycles. The number of benzene rings is 2. The van der Waals surface area contributed by atoms with Gasteiger partial charge in [0.2, 0.25) is 5.91 Å². The van der Waals surface area contributed by atoms with Crippen LogP contribution in [-0.2, 0) is 16.1 Å². The number of aryl methyl sites for hydroxylation is 1. The van der Waals surface area contributed by atoms with Gasteiger partial charge in [-0.15, -0.1) is 0 Å². The molecule has 168 valence electrons. The summed E-state index contributed by atoms with van der Waals surface area (Å²) >= 11 is 6.05. The average Bonchev–Trinajstić information content (AvgIpc) is 2.71. The summed E-state index contributed by atoms with van der Waals surface area (Å²) in [5.41, 5.74) is 1.34. The molecule has 7 heteroatoms. The largest absolute Gasteiger partial charge is 0.497 e. The Hall–Kier alpha value is -2.73. The molecule has 6 nitrogen and oxygen atoms in total. The van der Waals surface area contributed by atoms with Crippen LogP contribution in [0.5, 0.6) is 11.5 Å². The molecule has 0 aliphatic heterocycles. The molecule has 0 bridgehead atoms. The quantitative estimate of drug-likeness (QED) is 0.653. The van der Waals surface area contributed by atoms with Crippen LogP contribution in [0, 0.1) is 6.92 Å². The van der Waals surface area contributed by atoms with Gasteiger partial charge in [0, 0.05) is 17.1 Å². The van der Waals surface area contributed by atoms with E-state index in [4.69, 9.17) is 21.1 Å². The maximum atomic E-state index is 13.1. The van der Waals surface area contributed by atoms with E-state index in [-0.39, 0.29) is 25.0 Å². The van der Waals surface area contributed by atoms with E-state index in [9.17, 15) is 9.59 Å². The third-order valence-electron chi connectivity index (χ3n) is 4.67. The number of methoxy groups -OCH3 is 1. The van der Waals surface area contributed by atoms with Crippen LogP contribution in [-0.4, -0.2) is 42.0 Å². The highest BCUT2D eigenvalue weighted by molar-refractivity contribution is 6.31. The van der Waals surface area contributed by atoms with Gasteiger partial charge in [-0.25, -0.2) is 0 Å². The number of halogens is 1. The van der Waals surface area contributed by atoms with Gasteiger partial charge in [0.25, 0.3) is 5.91 Å². The number of hydrogen-bond acceptors (Lipinski definition) is 4. The fourth-order valence-corrected chi connectivity index (χ4v) is 3.04. The van der Waals surface area contributed by atoms with E-state index in [2.05, 4.69) is 5.32 Å². The standard InChI is InChI=1S/C24H31ClN2O4/c1-16-13-20(11-12-21(16)25)31-15-22(28)27(17(2)23(29)26-24(3,4)5)14-18-7-9-19(30-6)10-8-18/h7-13,17H,14-15H2,1-6H3,(H,26,29)/t17-/m0/s1. The third kappa shape index (κ3) is 7.47. The molecule has 0 radical (unpaired) electrons. The van der Waals surface area contributed by atoms with Crippen molar-refractivity contribution in [2.45, 2.75) is 52.7 Å². The Kier molecular flexibility index (Phi) is 8.34. The fraction of sp³-hybridized carbons (Fsp3) is 0.417. The molecule has 0 saturated carbocycles. The Balaban J connectivity index is 2.18. The Morgan fingerprint density at radius 1 is 1.10 bits per heavy atom. The van der Waals surface area contributed by atoms with Gasteiger partial charge in [-0.1, -0.05) is 23.7 Å². The lowest BCUT2D eigenvalue weighted by Gasteiger charge is -2.31. The molecule has 0 aromatic heterocycles. The molecule has 2 rings (SSSR count). The van der Waals surface area contributed by atoms with Crippen molar-refractivity contribution in [2.24, 2.45) is 0 Å². The van der Waals surface area contributed by atoms with Crippen molar-refractivity contribution in [1.82, 2.24) is 10.2 Å². The molecule has 1 atom stereocenters. The molecule has 2 amide bonds. The predicted molar refractivity (Wildman–Crippen MR) is 123 cm³/mol. The molecular weight excluding hydrogens is 416 g/mol. The second-order valence-electron chi connectivity index (χ2n) is 8.48. The molecule has 31 heavy (non-hydrogen) atoms.